The van der Waals surface area contributed by atoms with Crippen molar-refractivity contribution in [2.45, 2.75) is 32.4 Å². The van der Waals surface area contributed by atoms with E-state index in [-0.39, 0.29) is 24.8 Å². The number of para-hydroxylation sites is 1. The molecule has 0 unspecified atom stereocenters. The predicted molar refractivity (Wildman–Crippen MR) is 123 cm³/mol. The molecule has 1 saturated heterocycles. The third kappa shape index (κ3) is 6.26. The highest BCUT2D eigenvalue weighted by atomic mass is 35.5. The Morgan fingerprint density at radius 1 is 1.00 bits per heavy atom. The average Bonchev–Trinajstić information content (AvgIpc) is 2.69. The number of phenolic OH excluding ortho intramolecular Hbond substituents is 1. The quantitative estimate of drug-likeness (QED) is 0.744. The number of fused-ring (bicyclic) bond motifs is 1. The lowest BCUT2D eigenvalue weighted by Crippen LogP contribution is -2.35. The number of benzene rings is 2. The van der Waals surface area contributed by atoms with Crippen LogP contribution in [-0.2, 0) is 19.5 Å². The van der Waals surface area contributed by atoms with Gasteiger partial charge in [-0.1, -0.05) is 24.3 Å². The molecule has 0 amide bonds. The van der Waals surface area contributed by atoms with Crippen LogP contribution in [0, 0.1) is 5.92 Å². The summed E-state index contributed by atoms with van der Waals surface area (Å²) >= 11 is 0. The Morgan fingerprint density at radius 2 is 1.76 bits per heavy atom. The summed E-state index contributed by atoms with van der Waals surface area (Å²) in [5, 5.41) is 9.95. The molecule has 0 aromatic heterocycles. The minimum atomic E-state index is 0. The zero-order valence-electron chi connectivity index (χ0n) is 17.0. The van der Waals surface area contributed by atoms with E-state index < -0.39 is 0 Å². The van der Waals surface area contributed by atoms with Crippen LogP contribution < -0.4 is 4.74 Å². The molecule has 4 nitrogen and oxygen atoms in total. The van der Waals surface area contributed by atoms with Crippen molar-refractivity contribution >= 4 is 24.8 Å². The molecule has 2 aliphatic heterocycles. The molecule has 0 spiro atoms. The monoisotopic (exact) mass is 438 g/mol. The SMILES string of the molecule is CN1CCc2ccc(OCC3CCN(Cc4ccccc4O)CC3)cc2C1.Cl.Cl. The van der Waals surface area contributed by atoms with Gasteiger partial charge in [0.1, 0.15) is 11.5 Å². The maximum Gasteiger partial charge on any atom is 0.120 e. The fourth-order valence-corrected chi connectivity index (χ4v) is 4.18. The molecule has 29 heavy (non-hydrogen) atoms. The zero-order chi connectivity index (χ0) is 18.6. The number of ether oxygens (including phenoxy) is 1. The van der Waals surface area contributed by atoms with E-state index in [0.29, 0.717) is 11.7 Å². The maximum atomic E-state index is 9.95. The second kappa shape index (κ2) is 11.1. The van der Waals surface area contributed by atoms with Crippen molar-refractivity contribution in [2.75, 3.05) is 33.3 Å². The van der Waals surface area contributed by atoms with Gasteiger partial charge in [0, 0.05) is 25.2 Å². The molecule has 0 radical (unpaired) electrons. The van der Waals surface area contributed by atoms with Gasteiger partial charge in [-0.25, -0.2) is 0 Å². The molecule has 0 aliphatic carbocycles. The summed E-state index contributed by atoms with van der Waals surface area (Å²) in [5.41, 5.74) is 3.91. The number of halogens is 2. The van der Waals surface area contributed by atoms with Crippen LogP contribution in [0.15, 0.2) is 42.5 Å². The highest BCUT2D eigenvalue weighted by molar-refractivity contribution is 5.85. The second-order valence-corrected chi connectivity index (χ2v) is 8.08. The molecule has 2 aliphatic rings. The molecule has 1 fully saturated rings. The highest BCUT2D eigenvalue weighted by Gasteiger charge is 2.21. The lowest BCUT2D eigenvalue weighted by Gasteiger charge is -2.32. The smallest absolute Gasteiger partial charge is 0.120 e. The van der Waals surface area contributed by atoms with Crippen LogP contribution in [0.5, 0.6) is 11.5 Å². The van der Waals surface area contributed by atoms with Gasteiger partial charge in [-0.05, 0) is 74.6 Å². The van der Waals surface area contributed by atoms with Crippen molar-refractivity contribution < 1.29 is 9.84 Å². The van der Waals surface area contributed by atoms with Gasteiger partial charge in [-0.3, -0.25) is 4.90 Å². The van der Waals surface area contributed by atoms with E-state index in [1.165, 1.54) is 11.1 Å². The number of piperidine rings is 1. The topological polar surface area (TPSA) is 35.9 Å². The number of rotatable bonds is 5. The zero-order valence-corrected chi connectivity index (χ0v) is 18.7. The molecule has 2 aromatic rings. The maximum absolute atomic E-state index is 9.95. The van der Waals surface area contributed by atoms with E-state index in [1.54, 1.807) is 6.07 Å². The number of nitrogens with zero attached hydrogens (tertiary/aromatic N) is 2. The van der Waals surface area contributed by atoms with Crippen molar-refractivity contribution in [3.05, 3.63) is 59.2 Å². The molecule has 0 saturated carbocycles. The molecule has 160 valence electrons. The lowest BCUT2D eigenvalue weighted by atomic mass is 9.97. The van der Waals surface area contributed by atoms with Crippen molar-refractivity contribution in [1.29, 1.82) is 0 Å². The summed E-state index contributed by atoms with van der Waals surface area (Å²) in [6.07, 6.45) is 3.45. The van der Waals surface area contributed by atoms with E-state index in [1.807, 2.05) is 18.2 Å². The molecule has 2 heterocycles. The second-order valence-electron chi connectivity index (χ2n) is 8.08. The number of hydrogen-bond donors (Lipinski definition) is 1. The van der Waals surface area contributed by atoms with Crippen molar-refractivity contribution in [3.8, 4) is 11.5 Å². The van der Waals surface area contributed by atoms with E-state index in [9.17, 15) is 5.11 Å². The Morgan fingerprint density at radius 3 is 2.52 bits per heavy atom. The normalized spacial score (nSPS) is 17.7. The lowest BCUT2D eigenvalue weighted by molar-refractivity contribution is 0.136. The van der Waals surface area contributed by atoms with E-state index in [2.05, 4.69) is 35.0 Å². The Labute approximate surface area is 186 Å². The first-order valence-corrected chi connectivity index (χ1v) is 10.1. The van der Waals surface area contributed by atoms with Crippen molar-refractivity contribution in [3.63, 3.8) is 0 Å². The fourth-order valence-electron chi connectivity index (χ4n) is 4.18. The first-order chi connectivity index (χ1) is 13.2. The molecule has 4 rings (SSSR count). The van der Waals surface area contributed by atoms with Crippen LogP contribution in [0.1, 0.15) is 29.5 Å². The van der Waals surface area contributed by atoms with Gasteiger partial charge in [-0.15, -0.1) is 24.8 Å². The number of likely N-dealkylation sites (tertiary alicyclic amines) is 1. The number of phenols is 1. The Balaban J connectivity index is 0.00000150. The van der Waals surface area contributed by atoms with Crippen LogP contribution in [0.2, 0.25) is 0 Å². The minimum Gasteiger partial charge on any atom is -0.508 e. The van der Waals surface area contributed by atoms with E-state index in [4.69, 9.17) is 4.74 Å². The first-order valence-electron chi connectivity index (χ1n) is 10.1. The molecule has 0 bridgehead atoms. The molecule has 2 aromatic carbocycles. The van der Waals surface area contributed by atoms with Crippen molar-refractivity contribution in [2.24, 2.45) is 5.92 Å². The van der Waals surface area contributed by atoms with Gasteiger partial charge in [0.2, 0.25) is 0 Å². The summed E-state index contributed by atoms with van der Waals surface area (Å²) < 4.78 is 6.14. The average molecular weight is 439 g/mol. The van der Waals surface area contributed by atoms with Gasteiger partial charge in [-0.2, -0.15) is 0 Å². The molecular formula is C23H32Cl2N2O2. The van der Waals surface area contributed by atoms with Crippen LogP contribution in [0.3, 0.4) is 0 Å². The standard InChI is InChI=1S/C23H30N2O2.2ClH/c1-24-11-10-19-6-7-22(14-21(19)15-24)27-17-18-8-12-25(13-9-18)16-20-4-2-3-5-23(20)26;;/h2-7,14,18,26H,8-13,15-17H2,1H3;2*1H. The molecule has 1 N–H and O–H groups in total. The Bertz CT molecular complexity index is 779. The van der Waals surface area contributed by atoms with E-state index >= 15 is 0 Å². The number of hydrogen-bond acceptors (Lipinski definition) is 4. The van der Waals surface area contributed by atoms with Crippen LogP contribution in [0.25, 0.3) is 0 Å². The highest BCUT2D eigenvalue weighted by Crippen LogP contribution is 2.26. The molecule has 6 heteroatoms. The third-order valence-electron chi connectivity index (χ3n) is 5.96. The van der Waals surface area contributed by atoms with Crippen LogP contribution in [0.4, 0.5) is 0 Å². The van der Waals surface area contributed by atoms with Gasteiger partial charge in [0.15, 0.2) is 0 Å². The van der Waals surface area contributed by atoms with Gasteiger partial charge in [0.25, 0.3) is 0 Å². The molecular weight excluding hydrogens is 407 g/mol. The van der Waals surface area contributed by atoms with Crippen molar-refractivity contribution in [1.82, 2.24) is 9.80 Å². The summed E-state index contributed by atoms with van der Waals surface area (Å²) in [6, 6.07) is 14.3. The summed E-state index contributed by atoms with van der Waals surface area (Å²) in [7, 11) is 2.18. The van der Waals surface area contributed by atoms with Crippen LogP contribution in [-0.4, -0.2) is 48.2 Å². The van der Waals surface area contributed by atoms with E-state index in [0.717, 1.165) is 69.9 Å². The minimum absolute atomic E-state index is 0. The summed E-state index contributed by atoms with van der Waals surface area (Å²) in [4.78, 5) is 4.80. The van der Waals surface area contributed by atoms with Crippen LogP contribution >= 0.6 is 24.8 Å². The van der Waals surface area contributed by atoms with Gasteiger partial charge in [0.05, 0.1) is 6.61 Å². The van der Waals surface area contributed by atoms with Gasteiger partial charge >= 0.3 is 0 Å². The van der Waals surface area contributed by atoms with Gasteiger partial charge < -0.3 is 14.7 Å². The number of likely N-dealkylation sites (N-methyl/N-ethyl adjacent to an activating group) is 1. The number of aromatic hydroxyl groups is 1. The Kier molecular flexibility index (Phi) is 9.09. The predicted octanol–water partition coefficient (Wildman–Crippen LogP) is 4.51. The fraction of sp³-hybridized carbons (Fsp3) is 0.478. The summed E-state index contributed by atoms with van der Waals surface area (Å²) in [6.45, 7) is 5.94. The summed E-state index contributed by atoms with van der Waals surface area (Å²) in [5.74, 6) is 2.03. The molecule has 0 atom stereocenters. The Hall–Kier alpha value is -1.46. The largest absolute Gasteiger partial charge is 0.508 e. The first kappa shape index (κ1) is 23.8. The third-order valence-corrected chi connectivity index (χ3v) is 5.96.